The lowest BCUT2D eigenvalue weighted by Crippen LogP contribution is -1.96. The molecule has 0 amide bonds. The molecule has 1 heterocycles. The fourth-order valence-corrected chi connectivity index (χ4v) is 2.81. The monoisotopic (exact) mass is 242 g/mol. The van der Waals surface area contributed by atoms with Gasteiger partial charge < -0.3 is 5.11 Å². The third-order valence-corrected chi connectivity index (χ3v) is 3.56. The highest BCUT2D eigenvalue weighted by Gasteiger charge is 2.18. The maximum atomic E-state index is 13.1. The molecule has 1 N–H and O–H groups in total. The molecule has 0 aliphatic heterocycles. The fraction of sp³-hybridized carbons (Fsp3) is 0.182. The Bertz CT molecular complexity index is 575. The van der Waals surface area contributed by atoms with Crippen molar-refractivity contribution in [2.45, 2.75) is 13.3 Å². The number of hydrogen-bond donors (Lipinski definition) is 1. The van der Waals surface area contributed by atoms with Gasteiger partial charge in [0.15, 0.2) is 11.6 Å². The van der Waals surface area contributed by atoms with Crippen LogP contribution in [0.25, 0.3) is 10.1 Å². The molecule has 0 spiro atoms. The van der Waals surface area contributed by atoms with Crippen LogP contribution in [0.5, 0.6) is 0 Å². The van der Waals surface area contributed by atoms with Crippen molar-refractivity contribution < 1.29 is 18.7 Å². The summed E-state index contributed by atoms with van der Waals surface area (Å²) in [7, 11) is 0. The van der Waals surface area contributed by atoms with Gasteiger partial charge in [0, 0.05) is 4.70 Å². The number of carboxylic acids is 1. The first-order valence-corrected chi connectivity index (χ1v) is 5.50. The topological polar surface area (TPSA) is 37.3 Å². The number of aromatic carboxylic acids is 1. The second-order valence-corrected chi connectivity index (χ2v) is 4.38. The number of carboxylic acid groups (broad SMARTS) is 1. The molecular weight excluding hydrogens is 234 g/mol. The first-order chi connectivity index (χ1) is 7.54. The first kappa shape index (κ1) is 11.0. The Morgan fingerprint density at radius 2 is 2.00 bits per heavy atom. The van der Waals surface area contributed by atoms with E-state index in [1.807, 2.05) is 0 Å². The van der Waals surface area contributed by atoms with Crippen LogP contribution >= 0.6 is 11.3 Å². The lowest BCUT2D eigenvalue weighted by Gasteiger charge is -1.97. The van der Waals surface area contributed by atoms with Gasteiger partial charge in [0.25, 0.3) is 0 Å². The van der Waals surface area contributed by atoms with Crippen molar-refractivity contribution in [2.24, 2.45) is 0 Å². The molecule has 0 fully saturated rings. The van der Waals surface area contributed by atoms with Gasteiger partial charge in [-0.2, -0.15) is 0 Å². The third kappa shape index (κ3) is 1.57. The molecule has 0 atom stereocenters. The summed E-state index contributed by atoms with van der Waals surface area (Å²) in [5, 5.41) is 9.45. The van der Waals surface area contributed by atoms with Gasteiger partial charge in [0.05, 0.1) is 0 Å². The van der Waals surface area contributed by atoms with Crippen LogP contribution in [0, 0.1) is 11.6 Å². The minimum atomic E-state index is -1.06. The summed E-state index contributed by atoms with van der Waals surface area (Å²) in [4.78, 5) is 11.1. The van der Waals surface area contributed by atoms with Gasteiger partial charge in [-0.05, 0) is 29.5 Å². The molecule has 2 rings (SSSR count). The lowest BCUT2D eigenvalue weighted by atomic mass is 10.1. The van der Waals surface area contributed by atoms with Gasteiger partial charge in [-0.3, -0.25) is 0 Å². The van der Waals surface area contributed by atoms with Crippen LogP contribution < -0.4 is 0 Å². The SMILES string of the molecule is CCc1c(C(=O)O)sc2cc(F)c(F)cc12. The molecule has 0 unspecified atom stereocenters. The Labute approximate surface area is 94.1 Å². The number of fused-ring (bicyclic) bond motifs is 1. The minimum absolute atomic E-state index is 0.155. The van der Waals surface area contributed by atoms with E-state index >= 15 is 0 Å². The van der Waals surface area contributed by atoms with E-state index in [1.165, 1.54) is 0 Å². The number of halogens is 2. The van der Waals surface area contributed by atoms with Crippen molar-refractivity contribution in [1.82, 2.24) is 0 Å². The number of carbonyl (C=O) groups is 1. The predicted molar refractivity (Wildman–Crippen MR) is 58.1 cm³/mol. The molecule has 0 aliphatic rings. The van der Waals surface area contributed by atoms with Gasteiger partial charge in [-0.15, -0.1) is 11.3 Å². The maximum Gasteiger partial charge on any atom is 0.346 e. The number of benzene rings is 1. The number of thiophene rings is 1. The van der Waals surface area contributed by atoms with E-state index in [-0.39, 0.29) is 4.88 Å². The molecule has 84 valence electrons. The average Bonchev–Trinajstić information content (AvgIpc) is 2.57. The number of rotatable bonds is 2. The fourth-order valence-electron chi connectivity index (χ4n) is 1.67. The Balaban J connectivity index is 2.82. The van der Waals surface area contributed by atoms with Crippen LogP contribution in [-0.4, -0.2) is 11.1 Å². The van der Waals surface area contributed by atoms with E-state index in [0.29, 0.717) is 22.1 Å². The zero-order valence-electron chi connectivity index (χ0n) is 8.38. The highest BCUT2D eigenvalue weighted by molar-refractivity contribution is 7.21. The van der Waals surface area contributed by atoms with Crippen molar-refractivity contribution in [3.05, 3.63) is 34.2 Å². The number of aryl methyl sites for hydroxylation is 1. The highest BCUT2D eigenvalue weighted by atomic mass is 32.1. The van der Waals surface area contributed by atoms with Crippen LogP contribution in [0.2, 0.25) is 0 Å². The standard InChI is InChI=1S/C11H8F2O2S/c1-2-5-6-3-7(12)8(13)4-9(6)16-10(5)11(14)15/h3-4H,2H2,1H3,(H,14,15). The molecule has 2 nitrogen and oxygen atoms in total. The van der Waals surface area contributed by atoms with Crippen molar-refractivity contribution in [3.8, 4) is 0 Å². The van der Waals surface area contributed by atoms with Crippen molar-refractivity contribution in [2.75, 3.05) is 0 Å². The summed E-state index contributed by atoms with van der Waals surface area (Å²) in [6.07, 6.45) is 0.479. The van der Waals surface area contributed by atoms with E-state index in [1.54, 1.807) is 6.92 Å². The quantitative estimate of drug-likeness (QED) is 0.875. The smallest absolute Gasteiger partial charge is 0.346 e. The molecule has 16 heavy (non-hydrogen) atoms. The van der Waals surface area contributed by atoms with E-state index in [0.717, 1.165) is 23.5 Å². The normalized spacial score (nSPS) is 10.9. The summed E-state index contributed by atoms with van der Waals surface area (Å²) in [6.45, 7) is 1.79. The van der Waals surface area contributed by atoms with Gasteiger partial charge in [-0.25, -0.2) is 13.6 Å². The van der Waals surface area contributed by atoms with Gasteiger partial charge >= 0.3 is 5.97 Å². The van der Waals surface area contributed by atoms with E-state index in [9.17, 15) is 13.6 Å². The Hall–Kier alpha value is -1.49. The van der Waals surface area contributed by atoms with Crippen LogP contribution in [0.1, 0.15) is 22.2 Å². The molecule has 1 aromatic heterocycles. The Morgan fingerprint density at radius 3 is 2.56 bits per heavy atom. The van der Waals surface area contributed by atoms with Crippen molar-refractivity contribution in [1.29, 1.82) is 0 Å². The average molecular weight is 242 g/mol. The van der Waals surface area contributed by atoms with Gasteiger partial charge in [-0.1, -0.05) is 6.92 Å². The van der Waals surface area contributed by atoms with E-state index < -0.39 is 17.6 Å². The molecule has 0 saturated heterocycles. The second kappa shape index (κ2) is 3.83. The molecule has 0 aliphatic carbocycles. The van der Waals surface area contributed by atoms with Crippen molar-refractivity contribution >= 4 is 27.4 Å². The zero-order chi connectivity index (χ0) is 11.9. The number of hydrogen-bond acceptors (Lipinski definition) is 2. The summed E-state index contributed by atoms with van der Waals surface area (Å²) < 4.78 is 26.5. The summed E-state index contributed by atoms with van der Waals surface area (Å²) in [6, 6.07) is 2.10. The van der Waals surface area contributed by atoms with Crippen LogP contribution in [-0.2, 0) is 6.42 Å². The lowest BCUT2D eigenvalue weighted by molar-refractivity contribution is 0.0701. The Morgan fingerprint density at radius 1 is 1.38 bits per heavy atom. The molecular formula is C11H8F2O2S. The zero-order valence-corrected chi connectivity index (χ0v) is 9.20. The second-order valence-electron chi connectivity index (χ2n) is 3.33. The van der Waals surface area contributed by atoms with Gasteiger partial charge in [0.2, 0.25) is 0 Å². The van der Waals surface area contributed by atoms with Crippen molar-refractivity contribution in [3.63, 3.8) is 0 Å². The molecule has 0 saturated carbocycles. The molecule has 5 heteroatoms. The van der Waals surface area contributed by atoms with E-state index in [2.05, 4.69) is 0 Å². The molecule has 1 aromatic carbocycles. The van der Waals surface area contributed by atoms with E-state index in [4.69, 9.17) is 5.11 Å². The largest absolute Gasteiger partial charge is 0.477 e. The Kier molecular flexibility index (Phi) is 2.63. The molecule has 0 radical (unpaired) electrons. The summed E-state index contributed by atoms with van der Waals surface area (Å²) in [5.74, 6) is -2.95. The van der Waals surface area contributed by atoms with Crippen LogP contribution in [0.4, 0.5) is 8.78 Å². The maximum absolute atomic E-state index is 13.1. The summed E-state index contributed by atoms with van der Waals surface area (Å²) in [5.41, 5.74) is 0.561. The minimum Gasteiger partial charge on any atom is -0.477 e. The molecule has 2 aromatic rings. The van der Waals surface area contributed by atoms with Gasteiger partial charge in [0.1, 0.15) is 4.88 Å². The van der Waals surface area contributed by atoms with Crippen LogP contribution in [0.15, 0.2) is 12.1 Å². The summed E-state index contributed by atoms with van der Waals surface area (Å²) >= 11 is 0.973. The third-order valence-electron chi connectivity index (χ3n) is 2.38. The molecule has 0 bridgehead atoms. The predicted octanol–water partition coefficient (Wildman–Crippen LogP) is 3.44. The van der Waals surface area contributed by atoms with Crippen LogP contribution in [0.3, 0.4) is 0 Å². The highest BCUT2D eigenvalue weighted by Crippen LogP contribution is 2.33. The first-order valence-electron chi connectivity index (χ1n) is 4.68.